The lowest BCUT2D eigenvalue weighted by atomic mass is 9.68. The zero-order valence-electron chi connectivity index (χ0n) is 11.1. The van der Waals surface area contributed by atoms with Crippen molar-refractivity contribution in [1.82, 2.24) is 9.97 Å². The molecule has 2 aliphatic rings. The minimum atomic E-state index is -4.48. The number of halogens is 3. The van der Waals surface area contributed by atoms with Gasteiger partial charge in [-0.1, -0.05) is 20.8 Å². The summed E-state index contributed by atoms with van der Waals surface area (Å²) in [6.07, 6.45) is -2.87. The molecule has 0 amide bonds. The van der Waals surface area contributed by atoms with Crippen LogP contribution in [-0.2, 0) is 11.6 Å². The number of nitrogens with zero attached hydrogens (tertiary/aromatic N) is 2. The summed E-state index contributed by atoms with van der Waals surface area (Å²) in [4.78, 5) is 7.61. The maximum atomic E-state index is 13.2. The third-order valence-electron chi connectivity index (χ3n) is 5.33. The second-order valence-corrected chi connectivity index (χ2v) is 6.33. The van der Waals surface area contributed by atoms with Gasteiger partial charge in [0.15, 0.2) is 5.69 Å². The molecule has 0 aromatic carbocycles. The Bertz CT molecular complexity index is 565. The quantitative estimate of drug-likeness (QED) is 0.788. The molecule has 6 heteroatoms. The van der Waals surface area contributed by atoms with E-state index in [0.29, 0.717) is 5.69 Å². The third kappa shape index (κ3) is 1.34. The molecule has 104 valence electrons. The van der Waals surface area contributed by atoms with E-state index < -0.39 is 17.3 Å². The highest BCUT2D eigenvalue weighted by Crippen LogP contribution is 2.68. The van der Waals surface area contributed by atoms with E-state index in [-0.39, 0.29) is 22.8 Å². The Kier molecular flexibility index (Phi) is 2.15. The Labute approximate surface area is 109 Å². The van der Waals surface area contributed by atoms with Crippen molar-refractivity contribution in [3.8, 4) is 0 Å². The normalized spacial score (nSPS) is 31.6. The summed E-state index contributed by atoms with van der Waals surface area (Å²) in [6.45, 7) is 5.93. The first-order valence-corrected chi connectivity index (χ1v) is 6.34. The van der Waals surface area contributed by atoms with E-state index in [9.17, 15) is 13.2 Å². The van der Waals surface area contributed by atoms with Gasteiger partial charge in [0.1, 0.15) is 0 Å². The fraction of sp³-hybridized carbons (Fsp3) is 0.692. The van der Waals surface area contributed by atoms with Crippen molar-refractivity contribution < 1.29 is 13.2 Å². The molecule has 0 saturated heterocycles. The lowest BCUT2D eigenvalue weighted by Gasteiger charge is -2.35. The van der Waals surface area contributed by atoms with Crippen LogP contribution in [0.4, 0.5) is 19.1 Å². The molecule has 1 saturated carbocycles. The van der Waals surface area contributed by atoms with Crippen molar-refractivity contribution in [2.24, 2.45) is 5.41 Å². The number of hydrogen-bond donors (Lipinski definition) is 1. The van der Waals surface area contributed by atoms with Crippen molar-refractivity contribution in [2.45, 2.75) is 51.1 Å². The summed E-state index contributed by atoms with van der Waals surface area (Å²) in [5, 5.41) is 0. The Morgan fingerprint density at radius 2 is 1.84 bits per heavy atom. The third-order valence-corrected chi connectivity index (χ3v) is 5.33. The van der Waals surface area contributed by atoms with Crippen molar-refractivity contribution in [3.05, 3.63) is 17.0 Å². The first-order chi connectivity index (χ1) is 8.59. The smallest absolute Gasteiger partial charge is 0.368 e. The number of alkyl halides is 3. The fourth-order valence-corrected chi connectivity index (χ4v) is 3.92. The van der Waals surface area contributed by atoms with Crippen LogP contribution in [0.1, 0.15) is 56.5 Å². The highest BCUT2D eigenvalue weighted by atomic mass is 19.4. The molecule has 3 nitrogen and oxygen atoms in total. The number of aromatic nitrogens is 2. The molecule has 2 N–H and O–H groups in total. The predicted octanol–water partition coefficient (Wildman–Crippen LogP) is 3.25. The standard InChI is InChI=1S/C13H16F3N3/c1-11(2)6-4-5-12(11,3)7-8(6)18-10(17)19-9(7)13(14,15)16/h6H,4-5H2,1-3H3,(H2,17,18,19). The van der Waals surface area contributed by atoms with Crippen LogP contribution >= 0.6 is 0 Å². The van der Waals surface area contributed by atoms with Crippen LogP contribution in [0.15, 0.2) is 0 Å². The van der Waals surface area contributed by atoms with Crippen LogP contribution < -0.4 is 5.73 Å². The Hall–Kier alpha value is -1.33. The highest BCUT2D eigenvalue weighted by molar-refractivity contribution is 5.50. The first kappa shape index (κ1) is 12.7. The summed E-state index contributed by atoms with van der Waals surface area (Å²) >= 11 is 0. The Balaban J connectivity index is 2.35. The van der Waals surface area contributed by atoms with E-state index in [1.807, 2.05) is 20.8 Å². The van der Waals surface area contributed by atoms with E-state index in [2.05, 4.69) is 9.97 Å². The molecule has 2 bridgehead atoms. The van der Waals surface area contributed by atoms with Gasteiger partial charge in [-0.3, -0.25) is 0 Å². The van der Waals surface area contributed by atoms with E-state index in [1.54, 1.807) is 0 Å². The molecule has 19 heavy (non-hydrogen) atoms. The van der Waals surface area contributed by atoms with E-state index in [1.165, 1.54) is 0 Å². The zero-order chi connectivity index (χ0) is 14.2. The van der Waals surface area contributed by atoms with Crippen LogP contribution in [0.5, 0.6) is 0 Å². The second kappa shape index (κ2) is 3.22. The van der Waals surface area contributed by atoms with Crippen LogP contribution in [-0.4, -0.2) is 9.97 Å². The van der Waals surface area contributed by atoms with Gasteiger partial charge in [-0.15, -0.1) is 0 Å². The minimum absolute atomic E-state index is 0.0406. The van der Waals surface area contributed by atoms with Crippen LogP contribution in [0.25, 0.3) is 0 Å². The number of nitrogen functional groups attached to an aromatic ring is 1. The van der Waals surface area contributed by atoms with Crippen molar-refractivity contribution in [1.29, 1.82) is 0 Å². The first-order valence-electron chi connectivity index (χ1n) is 6.34. The highest BCUT2D eigenvalue weighted by Gasteiger charge is 2.63. The number of fused-ring (bicyclic) bond motifs is 5. The van der Waals surface area contributed by atoms with Crippen LogP contribution in [0, 0.1) is 5.41 Å². The molecule has 2 unspecified atom stereocenters. The van der Waals surface area contributed by atoms with Gasteiger partial charge in [-0.2, -0.15) is 13.2 Å². The van der Waals surface area contributed by atoms with Gasteiger partial charge in [-0.25, -0.2) is 9.97 Å². The van der Waals surface area contributed by atoms with Gasteiger partial charge < -0.3 is 5.73 Å². The number of nitrogens with two attached hydrogens (primary N) is 1. The lowest BCUT2D eigenvalue weighted by Crippen LogP contribution is -2.33. The minimum Gasteiger partial charge on any atom is -0.368 e. The second-order valence-electron chi connectivity index (χ2n) is 6.33. The fourth-order valence-electron chi connectivity index (χ4n) is 3.92. The molecular formula is C13H16F3N3. The van der Waals surface area contributed by atoms with E-state index >= 15 is 0 Å². The molecule has 1 heterocycles. The van der Waals surface area contributed by atoms with Gasteiger partial charge in [0, 0.05) is 16.9 Å². The van der Waals surface area contributed by atoms with Crippen LogP contribution in [0.2, 0.25) is 0 Å². The summed E-state index contributed by atoms with van der Waals surface area (Å²) in [5.74, 6) is -0.239. The SMILES string of the molecule is CC12CCC(c3nc(N)nc(C(F)(F)F)c31)C2(C)C. The molecule has 2 aliphatic carbocycles. The average Bonchev–Trinajstić information content (AvgIpc) is 2.56. The summed E-state index contributed by atoms with van der Waals surface area (Å²) in [5.41, 5.74) is 4.66. The monoisotopic (exact) mass is 271 g/mol. The van der Waals surface area contributed by atoms with Gasteiger partial charge in [0.25, 0.3) is 0 Å². The molecule has 0 spiro atoms. The topological polar surface area (TPSA) is 51.8 Å². The molecule has 1 aromatic rings. The van der Waals surface area contributed by atoms with Crippen LogP contribution in [0.3, 0.4) is 0 Å². The largest absolute Gasteiger partial charge is 0.433 e. The summed E-state index contributed by atoms with van der Waals surface area (Å²) < 4.78 is 39.7. The zero-order valence-corrected chi connectivity index (χ0v) is 11.1. The van der Waals surface area contributed by atoms with Gasteiger partial charge >= 0.3 is 6.18 Å². The molecule has 0 aliphatic heterocycles. The molecule has 1 fully saturated rings. The summed E-state index contributed by atoms with van der Waals surface area (Å²) in [6, 6.07) is 0. The number of anilines is 1. The molecule has 0 radical (unpaired) electrons. The molecule has 2 atom stereocenters. The van der Waals surface area contributed by atoms with Gasteiger partial charge in [-0.05, 0) is 18.3 Å². The molecule has 3 rings (SSSR count). The Morgan fingerprint density at radius 3 is 2.42 bits per heavy atom. The predicted molar refractivity (Wildman–Crippen MR) is 64.6 cm³/mol. The van der Waals surface area contributed by atoms with E-state index in [4.69, 9.17) is 5.73 Å². The summed E-state index contributed by atoms with van der Waals surface area (Å²) in [7, 11) is 0. The number of hydrogen-bond acceptors (Lipinski definition) is 3. The maximum Gasteiger partial charge on any atom is 0.433 e. The molecule has 1 aromatic heterocycles. The lowest BCUT2D eigenvalue weighted by molar-refractivity contribution is -0.142. The van der Waals surface area contributed by atoms with E-state index in [0.717, 1.165) is 12.8 Å². The average molecular weight is 271 g/mol. The van der Waals surface area contributed by atoms with Crippen molar-refractivity contribution >= 4 is 5.95 Å². The van der Waals surface area contributed by atoms with Crippen molar-refractivity contribution in [3.63, 3.8) is 0 Å². The van der Waals surface area contributed by atoms with Crippen molar-refractivity contribution in [2.75, 3.05) is 5.73 Å². The maximum absolute atomic E-state index is 13.2. The molecular weight excluding hydrogens is 255 g/mol. The van der Waals surface area contributed by atoms with Gasteiger partial charge in [0.05, 0.1) is 5.69 Å². The number of rotatable bonds is 0. The van der Waals surface area contributed by atoms with Gasteiger partial charge in [0.2, 0.25) is 5.95 Å². The Morgan fingerprint density at radius 1 is 1.21 bits per heavy atom.